The third-order valence-electron chi connectivity index (χ3n) is 5.93. The van der Waals surface area contributed by atoms with Crippen molar-refractivity contribution in [3.8, 4) is 11.4 Å². The van der Waals surface area contributed by atoms with Gasteiger partial charge in [-0.05, 0) is 25.5 Å². The standard InChI is InChI=1S/C22H23F4N5O2/c1-3-4-5-6-30-11-28-17-8-13(16(23)7-14(17)21(30)33)19-27-9-15(22(24,25)26)20(29-19)31-10-18(32)12(31)2/h7-9,11-12,18,32H,3-6,10H2,1-2H3. The molecule has 4 rings (SSSR count). The van der Waals surface area contributed by atoms with Crippen LogP contribution in [0, 0.1) is 5.82 Å². The Kier molecular flexibility index (Phi) is 6.08. The molecule has 2 atom stereocenters. The lowest BCUT2D eigenvalue weighted by Crippen LogP contribution is -2.59. The van der Waals surface area contributed by atoms with Crippen molar-refractivity contribution >= 4 is 16.7 Å². The number of halogens is 4. The van der Waals surface area contributed by atoms with Crippen molar-refractivity contribution in [3.05, 3.63) is 46.4 Å². The Morgan fingerprint density at radius 1 is 1.21 bits per heavy atom. The molecule has 1 aliphatic rings. The minimum atomic E-state index is -4.72. The van der Waals surface area contributed by atoms with Gasteiger partial charge in [-0.15, -0.1) is 0 Å². The van der Waals surface area contributed by atoms with Crippen molar-refractivity contribution in [3.63, 3.8) is 0 Å². The molecule has 0 aliphatic carbocycles. The number of anilines is 1. The Morgan fingerprint density at radius 3 is 2.61 bits per heavy atom. The van der Waals surface area contributed by atoms with Gasteiger partial charge in [-0.25, -0.2) is 19.3 Å². The first-order valence-electron chi connectivity index (χ1n) is 10.7. The summed E-state index contributed by atoms with van der Waals surface area (Å²) in [6.07, 6.45) is -0.806. The van der Waals surface area contributed by atoms with Gasteiger partial charge < -0.3 is 10.0 Å². The van der Waals surface area contributed by atoms with E-state index in [2.05, 4.69) is 15.0 Å². The number of nitrogens with zero attached hydrogens (tertiary/aromatic N) is 5. The first kappa shape index (κ1) is 23.1. The van der Waals surface area contributed by atoms with E-state index in [0.29, 0.717) is 12.7 Å². The summed E-state index contributed by atoms with van der Waals surface area (Å²) in [4.78, 5) is 26.0. The van der Waals surface area contributed by atoms with Crippen LogP contribution in [0.3, 0.4) is 0 Å². The molecule has 7 nitrogen and oxygen atoms in total. The van der Waals surface area contributed by atoms with E-state index >= 15 is 0 Å². The highest BCUT2D eigenvalue weighted by atomic mass is 19.4. The van der Waals surface area contributed by atoms with Gasteiger partial charge in [0.2, 0.25) is 0 Å². The minimum Gasteiger partial charge on any atom is -0.389 e. The molecule has 0 amide bonds. The maximum atomic E-state index is 15.0. The number of aromatic nitrogens is 4. The Morgan fingerprint density at radius 2 is 1.97 bits per heavy atom. The number of alkyl halides is 3. The molecule has 2 aromatic heterocycles. The molecule has 11 heteroatoms. The van der Waals surface area contributed by atoms with Crippen molar-refractivity contribution < 1.29 is 22.7 Å². The van der Waals surface area contributed by atoms with Crippen molar-refractivity contribution in [2.45, 2.75) is 58.0 Å². The van der Waals surface area contributed by atoms with Crippen LogP contribution in [0.15, 0.2) is 29.5 Å². The fraction of sp³-hybridized carbons (Fsp3) is 0.455. The second kappa shape index (κ2) is 8.69. The third-order valence-corrected chi connectivity index (χ3v) is 5.93. The van der Waals surface area contributed by atoms with Crippen molar-refractivity contribution in [1.82, 2.24) is 19.5 Å². The molecule has 1 N–H and O–H groups in total. The normalized spacial score (nSPS) is 18.6. The first-order valence-corrected chi connectivity index (χ1v) is 10.7. The minimum absolute atomic E-state index is 0.0277. The average Bonchev–Trinajstić information content (AvgIpc) is 2.78. The molecule has 2 unspecified atom stereocenters. The lowest BCUT2D eigenvalue weighted by Gasteiger charge is -2.45. The third kappa shape index (κ3) is 4.29. The monoisotopic (exact) mass is 465 g/mol. The Balaban J connectivity index is 1.78. The van der Waals surface area contributed by atoms with E-state index in [1.807, 2.05) is 6.92 Å². The zero-order chi connectivity index (χ0) is 23.9. The highest BCUT2D eigenvalue weighted by Crippen LogP contribution is 2.39. The van der Waals surface area contributed by atoms with E-state index in [-0.39, 0.29) is 34.4 Å². The van der Waals surface area contributed by atoms with Crippen LogP contribution < -0.4 is 10.5 Å². The van der Waals surface area contributed by atoms with Crippen LogP contribution in [0.4, 0.5) is 23.4 Å². The van der Waals surface area contributed by atoms with Gasteiger partial charge in [0.25, 0.3) is 5.56 Å². The van der Waals surface area contributed by atoms with E-state index in [1.165, 1.54) is 21.9 Å². The van der Waals surface area contributed by atoms with Crippen molar-refractivity contribution in [1.29, 1.82) is 0 Å². The first-order chi connectivity index (χ1) is 15.6. The Bertz CT molecular complexity index is 1240. The average molecular weight is 465 g/mol. The molecule has 1 aromatic carbocycles. The van der Waals surface area contributed by atoms with E-state index in [9.17, 15) is 27.5 Å². The number of hydrogen-bond acceptors (Lipinski definition) is 6. The van der Waals surface area contributed by atoms with Gasteiger partial charge in [-0.1, -0.05) is 19.8 Å². The van der Waals surface area contributed by atoms with E-state index in [4.69, 9.17) is 0 Å². The summed E-state index contributed by atoms with van der Waals surface area (Å²) in [7, 11) is 0. The van der Waals surface area contributed by atoms with Crippen LogP contribution in [0.25, 0.3) is 22.3 Å². The van der Waals surface area contributed by atoms with Gasteiger partial charge in [0.05, 0.1) is 34.9 Å². The Hall–Kier alpha value is -3.08. The molecule has 1 saturated heterocycles. The smallest absolute Gasteiger partial charge is 0.389 e. The zero-order valence-electron chi connectivity index (χ0n) is 18.1. The van der Waals surface area contributed by atoms with Crippen LogP contribution in [0.2, 0.25) is 0 Å². The van der Waals surface area contributed by atoms with Crippen molar-refractivity contribution in [2.24, 2.45) is 0 Å². The molecular weight excluding hydrogens is 442 g/mol. The number of aryl methyl sites for hydroxylation is 1. The summed E-state index contributed by atoms with van der Waals surface area (Å²) in [6.45, 7) is 4.05. The van der Waals surface area contributed by atoms with E-state index in [1.54, 1.807) is 6.92 Å². The zero-order valence-corrected chi connectivity index (χ0v) is 18.1. The summed E-state index contributed by atoms with van der Waals surface area (Å²) in [6, 6.07) is 1.71. The SMILES string of the molecule is CCCCCn1cnc2cc(-c3ncc(C(F)(F)F)c(N4CC(O)C4C)n3)c(F)cc2c1=O. The van der Waals surface area contributed by atoms with Crippen molar-refractivity contribution in [2.75, 3.05) is 11.4 Å². The summed E-state index contributed by atoms with van der Waals surface area (Å²) >= 11 is 0. The van der Waals surface area contributed by atoms with Gasteiger partial charge in [0.1, 0.15) is 17.2 Å². The lowest BCUT2D eigenvalue weighted by atomic mass is 10.0. The molecule has 1 aliphatic heterocycles. The van der Waals surface area contributed by atoms with Crippen LogP contribution in [0.1, 0.15) is 38.7 Å². The maximum absolute atomic E-state index is 15.0. The number of hydrogen-bond donors (Lipinski definition) is 1. The maximum Gasteiger partial charge on any atom is 0.421 e. The molecule has 1 fully saturated rings. The van der Waals surface area contributed by atoms with Gasteiger partial charge in [0, 0.05) is 19.3 Å². The number of benzene rings is 1. The Labute approximate surface area is 186 Å². The predicted molar refractivity (Wildman–Crippen MR) is 114 cm³/mol. The van der Waals surface area contributed by atoms with Gasteiger partial charge >= 0.3 is 6.18 Å². The molecule has 0 radical (unpaired) electrons. The second-order valence-electron chi connectivity index (χ2n) is 8.19. The van der Waals surface area contributed by atoms with Crippen LogP contribution >= 0.6 is 0 Å². The fourth-order valence-corrected chi connectivity index (χ4v) is 3.83. The summed E-state index contributed by atoms with van der Waals surface area (Å²) in [5, 5.41) is 9.81. The highest BCUT2D eigenvalue weighted by Gasteiger charge is 2.42. The number of aliphatic hydroxyl groups excluding tert-OH is 1. The van der Waals surface area contributed by atoms with Gasteiger partial charge in [-0.2, -0.15) is 13.2 Å². The van der Waals surface area contributed by atoms with Crippen LogP contribution in [-0.2, 0) is 12.7 Å². The summed E-state index contributed by atoms with van der Waals surface area (Å²) in [5.74, 6) is -1.53. The molecule has 3 aromatic rings. The quantitative estimate of drug-likeness (QED) is 0.441. The number of unbranched alkanes of at least 4 members (excludes halogenated alkanes) is 2. The summed E-state index contributed by atoms with van der Waals surface area (Å²) < 4.78 is 57.0. The highest BCUT2D eigenvalue weighted by molar-refractivity contribution is 5.82. The fourth-order valence-electron chi connectivity index (χ4n) is 3.83. The molecule has 3 heterocycles. The van der Waals surface area contributed by atoms with E-state index in [0.717, 1.165) is 25.3 Å². The molecular formula is C22H23F4N5O2. The van der Waals surface area contributed by atoms with E-state index < -0.39 is 35.5 Å². The number of aliphatic hydroxyl groups is 1. The number of fused-ring (bicyclic) bond motifs is 1. The number of rotatable bonds is 6. The predicted octanol–water partition coefficient (Wildman–Crippen LogP) is 3.77. The van der Waals surface area contributed by atoms with Crippen LogP contribution in [-0.4, -0.2) is 43.3 Å². The van der Waals surface area contributed by atoms with Gasteiger partial charge in [0.15, 0.2) is 5.82 Å². The molecule has 0 saturated carbocycles. The largest absolute Gasteiger partial charge is 0.421 e. The topological polar surface area (TPSA) is 84.1 Å². The van der Waals surface area contributed by atoms with Gasteiger partial charge in [-0.3, -0.25) is 9.36 Å². The molecule has 0 bridgehead atoms. The lowest BCUT2D eigenvalue weighted by molar-refractivity contribution is -0.137. The molecule has 33 heavy (non-hydrogen) atoms. The second-order valence-corrected chi connectivity index (χ2v) is 8.19. The molecule has 0 spiro atoms. The summed E-state index contributed by atoms with van der Waals surface area (Å²) in [5.41, 5.74) is -1.43. The molecule has 176 valence electrons. The van der Waals surface area contributed by atoms with Crippen LogP contribution in [0.5, 0.6) is 0 Å². The number of β-amino-alcohol motifs (C(OH)–C–C–N with tert-alkyl or cyclic N) is 1.